The van der Waals surface area contributed by atoms with Gasteiger partial charge in [0.1, 0.15) is 36.8 Å². The van der Waals surface area contributed by atoms with Gasteiger partial charge in [-0.2, -0.15) is 8.42 Å². The topological polar surface area (TPSA) is 186 Å². The molecule has 0 aromatic rings. The van der Waals surface area contributed by atoms with E-state index in [0.717, 1.165) is 57.8 Å². The maximum absolute atomic E-state index is 12.6. The molecule has 1 aliphatic heterocycles. The van der Waals surface area contributed by atoms with Gasteiger partial charge in [0.05, 0.1) is 6.61 Å². The molecule has 0 bridgehead atoms. The number of allylic oxidation sites excluding steroid dienone is 2. The van der Waals surface area contributed by atoms with Crippen molar-refractivity contribution in [1.82, 2.24) is 0 Å². The predicted octanol–water partition coefficient (Wildman–Crippen LogP) is 6.33. The summed E-state index contributed by atoms with van der Waals surface area (Å²) in [7, 11) is -4.59. The van der Waals surface area contributed by atoms with E-state index in [1.807, 2.05) is 0 Å². The average Bonchev–Trinajstić information content (AvgIpc) is 3.07. The van der Waals surface area contributed by atoms with Crippen molar-refractivity contribution in [3.05, 3.63) is 12.2 Å². The van der Waals surface area contributed by atoms with Crippen molar-refractivity contribution >= 4 is 22.1 Å². The van der Waals surface area contributed by atoms with Crippen LogP contribution in [0.3, 0.4) is 0 Å². The smallest absolute Gasteiger partial charge is 0.306 e. The van der Waals surface area contributed by atoms with Crippen LogP contribution < -0.4 is 0 Å². The first-order valence-corrected chi connectivity index (χ1v) is 20.9. The Hall–Kier alpha value is -1.61. The van der Waals surface area contributed by atoms with E-state index in [-0.39, 0.29) is 19.4 Å². The molecule has 0 aromatic carbocycles. The molecular weight excluding hydrogens is 668 g/mol. The summed E-state index contributed by atoms with van der Waals surface area (Å²) in [6.07, 6.45) is 17.2. The van der Waals surface area contributed by atoms with Gasteiger partial charge in [-0.25, -0.2) is 0 Å². The second-order valence-electron chi connectivity index (χ2n) is 13.6. The molecule has 2 unspecified atom stereocenters. The summed E-state index contributed by atoms with van der Waals surface area (Å²) < 4.78 is 53.7. The van der Waals surface area contributed by atoms with Crippen molar-refractivity contribution < 1.29 is 56.8 Å². The van der Waals surface area contributed by atoms with Crippen LogP contribution in [0.5, 0.6) is 0 Å². The first-order chi connectivity index (χ1) is 24.0. The molecule has 50 heavy (non-hydrogen) atoms. The van der Waals surface area contributed by atoms with Crippen molar-refractivity contribution in [2.24, 2.45) is 0 Å². The number of esters is 2. The third-order valence-corrected chi connectivity index (χ3v) is 9.60. The van der Waals surface area contributed by atoms with Crippen LogP contribution >= 0.6 is 0 Å². The van der Waals surface area contributed by atoms with Gasteiger partial charge in [-0.1, -0.05) is 116 Å². The van der Waals surface area contributed by atoms with Crippen LogP contribution in [0.15, 0.2) is 12.2 Å². The summed E-state index contributed by atoms with van der Waals surface area (Å²) >= 11 is 0. The normalized spacial score (nSPS) is 21.8. The lowest BCUT2D eigenvalue weighted by atomic mass is 10.00. The molecule has 12 nitrogen and oxygen atoms in total. The van der Waals surface area contributed by atoms with Gasteiger partial charge in [-0.05, 0) is 38.5 Å². The molecule has 0 saturated carbocycles. The van der Waals surface area contributed by atoms with Crippen LogP contribution in [-0.2, 0) is 38.7 Å². The van der Waals surface area contributed by atoms with Crippen LogP contribution in [-0.4, -0.2) is 96.0 Å². The molecule has 6 atom stereocenters. The van der Waals surface area contributed by atoms with Gasteiger partial charge in [0.15, 0.2) is 12.4 Å². The quantitative estimate of drug-likeness (QED) is 0.0269. The Labute approximate surface area is 301 Å². The van der Waals surface area contributed by atoms with Crippen molar-refractivity contribution in [3.63, 3.8) is 0 Å². The fourth-order valence-electron chi connectivity index (χ4n) is 5.79. The van der Waals surface area contributed by atoms with E-state index in [0.29, 0.717) is 12.8 Å². The van der Waals surface area contributed by atoms with Crippen molar-refractivity contribution in [3.8, 4) is 0 Å². The lowest BCUT2D eigenvalue weighted by molar-refractivity contribution is -0.297. The number of rotatable bonds is 31. The lowest BCUT2D eigenvalue weighted by Crippen LogP contribution is -2.60. The van der Waals surface area contributed by atoms with Crippen LogP contribution in [0.1, 0.15) is 155 Å². The van der Waals surface area contributed by atoms with E-state index >= 15 is 0 Å². The number of carbonyl (C=O) groups is 2. The zero-order valence-electron chi connectivity index (χ0n) is 30.8. The van der Waals surface area contributed by atoms with E-state index in [4.69, 9.17) is 18.9 Å². The van der Waals surface area contributed by atoms with Gasteiger partial charge in [-0.3, -0.25) is 14.1 Å². The molecule has 1 rings (SSSR count). The second kappa shape index (κ2) is 28.9. The van der Waals surface area contributed by atoms with Crippen molar-refractivity contribution in [2.45, 2.75) is 192 Å². The number of ether oxygens (including phenoxy) is 4. The maximum atomic E-state index is 12.6. The third kappa shape index (κ3) is 23.8. The highest BCUT2D eigenvalue weighted by molar-refractivity contribution is 7.85. The Kier molecular flexibility index (Phi) is 26.8. The van der Waals surface area contributed by atoms with Crippen LogP contribution in [0.4, 0.5) is 0 Å². The fourth-order valence-corrected chi connectivity index (χ4v) is 6.48. The summed E-state index contributed by atoms with van der Waals surface area (Å²) in [6.45, 7) is 3.67. The summed E-state index contributed by atoms with van der Waals surface area (Å²) in [5.74, 6) is -1.99. The molecule has 0 spiro atoms. The number of aliphatic hydroxyl groups is 3. The van der Waals surface area contributed by atoms with Crippen LogP contribution in [0, 0.1) is 0 Å². The molecule has 294 valence electrons. The molecule has 1 saturated heterocycles. The fraction of sp³-hybridized carbons (Fsp3) is 0.892. The molecule has 1 fully saturated rings. The zero-order chi connectivity index (χ0) is 37.0. The summed E-state index contributed by atoms with van der Waals surface area (Å²) in [5.41, 5.74) is 0. The Bertz CT molecular complexity index is 1000. The molecular formula is C37H68O12S. The number of unbranched alkanes of at least 4 members (excludes halogenated alkanes) is 17. The summed E-state index contributed by atoms with van der Waals surface area (Å²) in [4.78, 5) is 25.1. The van der Waals surface area contributed by atoms with Crippen molar-refractivity contribution in [2.75, 3.05) is 19.0 Å². The Morgan fingerprint density at radius 2 is 1.14 bits per heavy atom. The minimum absolute atomic E-state index is 0.165. The Morgan fingerprint density at radius 3 is 1.66 bits per heavy atom. The van der Waals surface area contributed by atoms with E-state index in [2.05, 4.69) is 26.0 Å². The largest absolute Gasteiger partial charge is 0.462 e. The molecule has 0 amide bonds. The van der Waals surface area contributed by atoms with E-state index in [1.165, 1.54) is 57.8 Å². The van der Waals surface area contributed by atoms with Gasteiger partial charge < -0.3 is 34.3 Å². The number of hydrogen-bond donors (Lipinski definition) is 4. The standard InChI is InChI=1S/C37H68O12S/c1-3-5-7-9-11-13-14-15-16-17-18-20-21-23-25-32(38)46-27-30(48-33(39)26-24-22-19-12-10-8-6-4-2)28-47-37-36(42)35(41)34(40)31(49-37)29-50(43,44)45/h14-15,30-31,34-37,40-42H,3-13,16-29H2,1-2H3,(H,43,44,45)/b15-14+/t30-,31+,34+,35?,36?,37-/m1/s1. The highest BCUT2D eigenvalue weighted by Gasteiger charge is 2.46. The van der Waals surface area contributed by atoms with E-state index in [9.17, 15) is 37.9 Å². The number of hydrogen-bond acceptors (Lipinski definition) is 11. The second-order valence-corrected chi connectivity index (χ2v) is 15.1. The SMILES string of the molecule is CCCCCCC/C=C/CCCCCCCC(=O)OC[C@H](CO[C@@H]1O[C@@H](CS(=O)(=O)O)[C@H](O)C(O)C1O)OC(=O)CCCCCCCCCC. The van der Waals surface area contributed by atoms with E-state index < -0.39 is 71.2 Å². The lowest BCUT2D eigenvalue weighted by Gasteiger charge is -2.40. The molecule has 1 heterocycles. The Balaban J connectivity index is 2.50. The van der Waals surface area contributed by atoms with Crippen LogP contribution in [0.25, 0.3) is 0 Å². The molecule has 0 aliphatic carbocycles. The third-order valence-electron chi connectivity index (χ3n) is 8.85. The maximum Gasteiger partial charge on any atom is 0.306 e. The predicted molar refractivity (Wildman–Crippen MR) is 192 cm³/mol. The van der Waals surface area contributed by atoms with Crippen LogP contribution in [0.2, 0.25) is 0 Å². The first kappa shape index (κ1) is 46.4. The van der Waals surface area contributed by atoms with Gasteiger partial charge >= 0.3 is 11.9 Å². The van der Waals surface area contributed by atoms with Gasteiger partial charge in [0.25, 0.3) is 10.1 Å². The average molecular weight is 737 g/mol. The minimum Gasteiger partial charge on any atom is -0.462 e. The molecule has 1 aliphatic rings. The number of carbonyl (C=O) groups excluding carboxylic acids is 2. The van der Waals surface area contributed by atoms with Crippen molar-refractivity contribution in [1.29, 1.82) is 0 Å². The highest BCUT2D eigenvalue weighted by atomic mass is 32.2. The van der Waals surface area contributed by atoms with Gasteiger partial charge in [0, 0.05) is 12.8 Å². The molecule has 4 N–H and O–H groups in total. The molecule has 13 heteroatoms. The summed E-state index contributed by atoms with van der Waals surface area (Å²) in [6, 6.07) is 0. The zero-order valence-corrected chi connectivity index (χ0v) is 31.6. The molecule has 0 aromatic heterocycles. The molecule has 0 radical (unpaired) electrons. The number of aliphatic hydroxyl groups excluding tert-OH is 3. The minimum atomic E-state index is -4.59. The summed E-state index contributed by atoms with van der Waals surface area (Å²) in [5, 5.41) is 30.7. The van der Waals surface area contributed by atoms with E-state index in [1.54, 1.807) is 0 Å². The Morgan fingerprint density at radius 1 is 0.660 bits per heavy atom. The van der Waals surface area contributed by atoms with Gasteiger partial charge in [0.2, 0.25) is 0 Å². The monoisotopic (exact) mass is 736 g/mol. The first-order valence-electron chi connectivity index (χ1n) is 19.2. The highest BCUT2D eigenvalue weighted by Crippen LogP contribution is 2.24. The van der Waals surface area contributed by atoms with Gasteiger partial charge in [-0.15, -0.1) is 0 Å².